The largest absolute Gasteiger partial charge is 0.322 e. The Morgan fingerprint density at radius 1 is 0.914 bits per heavy atom. The van der Waals surface area contributed by atoms with E-state index >= 15 is 0 Å². The Labute approximate surface area is 203 Å². The van der Waals surface area contributed by atoms with E-state index in [1.165, 1.54) is 17.0 Å². The Morgan fingerprint density at radius 2 is 1.54 bits per heavy atom. The first-order chi connectivity index (χ1) is 16.9. The molecule has 2 N–H and O–H groups in total. The van der Waals surface area contributed by atoms with E-state index in [1.54, 1.807) is 35.0 Å². The zero-order chi connectivity index (χ0) is 24.8. The molecular formula is C27H26FN5O2. The lowest BCUT2D eigenvalue weighted by atomic mass is 10.1. The summed E-state index contributed by atoms with van der Waals surface area (Å²) in [6.07, 6.45) is 0. The fourth-order valence-electron chi connectivity index (χ4n) is 3.54. The first-order valence-corrected chi connectivity index (χ1v) is 11.2. The average Bonchev–Trinajstić information content (AvgIpc) is 3.27. The molecule has 4 rings (SSSR count). The molecule has 0 unspecified atom stereocenters. The molecule has 8 heteroatoms. The number of nitrogens with zero attached hydrogens (tertiary/aromatic N) is 3. The summed E-state index contributed by atoms with van der Waals surface area (Å²) in [5.74, 6) is -0.343. The van der Waals surface area contributed by atoms with Gasteiger partial charge in [0.15, 0.2) is 0 Å². The van der Waals surface area contributed by atoms with Crippen molar-refractivity contribution in [2.24, 2.45) is 0 Å². The third-order valence-corrected chi connectivity index (χ3v) is 5.34. The first kappa shape index (κ1) is 23.7. The Bertz CT molecular complexity index is 1290. The van der Waals surface area contributed by atoms with Crippen molar-refractivity contribution in [3.63, 3.8) is 0 Å². The maximum Gasteiger partial charge on any atom is 0.322 e. The van der Waals surface area contributed by atoms with Crippen molar-refractivity contribution >= 4 is 23.4 Å². The number of benzene rings is 3. The summed E-state index contributed by atoms with van der Waals surface area (Å²) in [6, 6.07) is 25.6. The molecule has 1 aromatic heterocycles. The van der Waals surface area contributed by atoms with Gasteiger partial charge in [0, 0.05) is 23.4 Å². The number of rotatable bonds is 7. The van der Waals surface area contributed by atoms with Gasteiger partial charge in [0.25, 0.3) is 0 Å². The molecule has 35 heavy (non-hydrogen) atoms. The Balaban J connectivity index is 1.56. The standard InChI is InChI=1S/C27H26FN5O2/c1-19(2)32(27(35)29-22-11-7-4-8-12-22)18-26(34)30-25-17-24(20-9-5-3-6-10-20)31-33(25)23-15-13-21(28)14-16-23/h3-17,19H,18H2,1-2H3,(H,29,35)(H,30,34). The highest BCUT2D eigenvalue weighted by atomic mass is 19.1. The van der Waals surface area contributed by atoms with Crippen LogP contribution in [-0.4, -0.2) is 39.2 Å². The number of halogens is 1. The SMILES string of the molecule is CC(C)N(CC(=O)Nc1cc(-c2ccccc2)nn1-c1ccc(F)cc1)C(=O)Nc1ccccc1. The summed E-state index contributed by atoms with van der Waals surface area (Å²) in [6.45, 7) is 3.52. The van der Waals surface area contributed by atoms with Gasteiger partial charge in [-0.2, -0.15) is 5.10 Å². The molecule has 0 spiro atoms. The van der Waals surface area contributed by atoms with Crippen molar-refractivity contribution in [2.45, 2.75) is 19.9 Å². The first-order valence-electron chi connectivity index (χ1n) is 11.2. The minimum absolute atomic E-state index is 0.161. The van der Waals surface area contributed by atoms with Gasteiger partial charge < -0.3 is 15.5 Å². The van der Waals surface area contributed by atoms with Crippen LogP contribution >= 0.6 is 0 Å². The van der Waals surface area contributed by atoms with E-state index < -0.39 is 0 Å². The van der Waals surface area contributed by atoms with Crippen molar-refractivity contribution < 1.29 is 14.0 Å². The molecule has 178 valence electrons. The predicted octanol–water partition coefficient (Wildman–Crippen LogP) is 5.56. The van der Waals surface area contributed by atoms with Crippen LogP contribution in [-0.2, 0) is 4.79 Å². The summed E-state index contributed by atoms with van der Waals surface area (Å²) in [5, 5.41) is 10.3. The van der Waals surface area contributed by atoms with Crippen molar-refractivity contribution in [2.75, 3.05) is 17.2 Å². The lowest BCUT2D eigenvalue weighted by Crippen LogP contribution is -2.44. The highest BCUT2D eigenvalue weighted by molar-refractivity contribution is 5.97. The zero-order valence-corrected chi connectivity index (χ0v) is 19.5. The predicted molar refractivity (Wildman–Crippen MR) is 135 cm³/mol. The summed E-state index contributed by atoms with van der Waals surface area (Å²) < 4.78 is 15.0. The van der Waals surface area contributed by atoms with E-state index in [0.29, 0.717) is 22.9 Å². The summed E-state index contributed by atoms with van der Waals surface area (Å²) in [7, 11) is 0. The third-order valence-electron chi connectivity index (χ3n) is 5.34. The van der Waals surface area contributed by atoms with Crippen LogP contribution in [0.25, 0.3) is 16.9 Å². The van der Waals surface area contributed by atoms with E-state index in [1.807, 2.05) is 62.4 Å². The number of amides is 3. The highest BCUT2D eigenvalue weighted by Gasteiger charge is 2.22. The van der Waals surface area contributed by atoms with Gasteiger partial charge in [0.1, 0.15) is 18.2 Å². The number of urea groups is 1. The lowest BCUT2D eigenvalue weighted by molar-refractivity contribution is -0.117. The number of carbonyl (C=O) groups excluding carboxylic acids is 2. The van der Waals surface area contributed by atoms with E-state index in [4.69, 9.17) is 0 Å². The van der Waals surface area contributed by atoms with Gasteiger partial charge in [0.05, 0.1) is 11.4 Å². The molecule has 0 saturated carbocycles. The van der Waals surface area contributed by atoms with Gasteiger partial charge in [-0.25, -0.2) is 13.9 Å². The molecule has 0 fully saturated rings. The maximum atomic E-state index is 13.5. The number of hydrogen-bond donors (Lipinski definition) is 2. The summed E-state index contributed by atoms with van der Waals surface area (Å²) in [4.78, 5) is 27.3. The molecule has 0 atom stereocenters. The Morgan fingerprint density at radius 3 is 2.17 bits per heavy atom. The monoisotopic (exact) mass is 471 g/mol. The summed E-state index contributed by atoms with van der Waals surface area (Å²) in [5.41, 5.74) is 2.75. The normalized spacial score (nSPS) is 10.7. The molecular weight excluding hydrogens is 445 g/mol. The van der Waals surface area contributed by atoms with E-state index in [0.717, 1.165) is 5.56 Å². The van der Waals surface area contributed by atoms with Gasteiger partial charge >= 0.3 is 6.03 Å². The molecule has 0 saturated heterocycles. The van der Waals surface area contributed by atoms with Gasteiger partial charge in [-0.3, -0.25) is 4.79 Å². The van der Waals surface area contributed by atoms with Crippen molar-refractivity contribution in [1.82, 2.24) is 14.7 Å². The molecule has 7 nitrogen and oxygen atoms in total. The number of carbonyl (C=O) groups is 2. The Kier molecular flexibility index (Phi) is 7.21. The van der Waals surface area contributed by atoms with Crippen LogP contribution < -0.4 is 10.6 Å². The second-order valence-electron chi connectivity index (χ2n) is 8.24. The third kappa shape index (κ3) is 5.92. The molecule has 0 aliphatic rings. The maximum absolute atomic E-state index is 13.5. The fraction of sp³-hybridized carbons (Fsp3) is 0.148. The second-order valence-corrected chi connectivity index (χ2v) is 8.24. The molecule has 3 aromatic carbocycles. The van der Waals surface area contributed by atoms with Crippen molar-refractivity contribution in [3.05, 3.63) is 96.8 Å². The second kappa shape index (κ2) is 10.6. The molecule has 0 bridgehead atoms. The van der Waals surface area contributed by atoms with Crippen LogP contribution in [0.4, 0.5) is 20.7 Å². The van der Waals surface area contributed by atoms with Gasteiger partial charge in [-0.1, -0.05) is 48.5 Å². The van der Waals surface area contributed by atoms with Crippen molar-refractivity contribution in [1.29, 1.82) is 0 Å². The number of hydrogen-bond acceptors (Lipinski definition) is 3. The van der Waals surface area contributed by atoms with E-state index in [2.05, 4.69) is 15.7 Å². The minimum atomic E-state index is -0.384. The van der Waals surface area contributed by atoms with E-state index in [-0.39, 0.29) is 30.3 Å². The molecule has 0 aliphatic carbocycles. The number of nitrogens with one attached hydrogen (secondary N) is 2. The topological polar surface area (TPSA) is 79.3 Å². The zero-order valence-electron chi connectivity index (χ0n) is 19.5. The van der Waals surface area contributed by atoms with Gasteiger partial charge in [-0.05, 0) is 50.2 Å². The smallest absolute Gasteiger partial charge is 0.313 e. The highest BCUT2D eigenvalue weighted by Crippen LogP contribution is 2.25. The number of aromatic nitrogens is 2. The van der Waals surface area contributed by atoms with Crippen LogP contribution in [0.15, 0.2) is 91.0 Å². The van der Waals surface area contributed by atoms with Crippen molar-refractivity contribution in [3.8, 4) is 16.9 Å². The van der Waals surface area contributed by atoms with Gasteiger partial charge in [0.2, 0.25) is 5.91 Å². The quantitative estimate of drug-likeness (QED) is 0.370. The molecule has 1 heterocycles. The molecule has 0 aliphatic heterocycles. The molecule has 3 amide bonds. The number of anilines is 2. The fourth-order valence-corrected chi connectivity index (χ4v) is 3.54. The summed E-state index contributed by atoms with van der Waals surface area (Å²) >= 11 is 0. The Hall–Kier alpha value is -4.46. The van der Waals surface area contributed by atoms with Crippen LogP contribution in [0, 0.1) is 5.82 Å². The van der Waals surface area contributed by atoms with Crippen LogP contribution in [0.5, 0.6) is 0 Å². The minimum Gasteiger partial charge on any atom is -0.313 e. The van der Waals surface area contributed by atoms with Crippen LogP contribution in [0.1, 0.15) is 13.8 Å². The molecule has 0 radical (unpaired) electrons. The van der Waals surface area contributed by atoms with E-state index in [9.17, 15) is 14.0 Å². The van der Waals surface area contributed by atoms with Crippen LogP contribution in [0.3, 0.4) is 0 Å². The van der Waals surface area contributed by atoms with Crippen LogP contribution in [0.2, 0.25) is 0 Å². The lowest BCUT2D eigenvalue weighted by Gasteiger charge is -2.26. The molecule has 4 aromatic rings. The van der Waals surface area contributed by atoms with Gasteiger partial charge in [-0.15, -0.1) is 0 Å². The average molecular weight is 472 g/mol. The number of para-hydroxylation sites is 1.